The van der Waals surface area contributed by atoms with Crippen molar-refractivity contribution >= 4 is 29.1 Å². The van der Waals surface area contributed by atoms with Crippen molar-refractivity contribution in [2.45, 2.75) is 13.8 Å². The fourth-order valence-electron chi connectivity index (χ4n) is 2.92. The molecule has 0 aliphatic carbocycles. The van der Waals surface area contributed by atoms with Gasteiger partial charge in [0.2, 0.25) is 5.91 Å². The van der Waals surface area contributed by atoms with Gasteiger partial charge in [0.25, 0.3) is 11.8 Å². The Labute approximate surface area is 183 Å². The monoisotopic (exact) mass is 426 g/mol. The number of hydrogen-bond acceptors (Lipinski definition) is 5. The molecular formula is C23H30N4O4. The van der Waals surface area contributed by atoms with E-state index in [1.165, 1.54) is 0 Å². The molecule has 0 aromatic heterocycles. The summed E-state index contributed by atoms with van der Waals surface area (Å²) in [6.07, 6.45) is 0. The number of hydrogen-bond donors (Lipinski definition) is 3. The van der Waals surface area contributed by atoms with Crippen LogP contribution in [0.4, 0.5) is 11.4 Å². The van der Waals surface area contributed by atoms with E-state index in [0.717, 1.165) is 0 Å². The van der Waals surface area contributed by atoms with Crippen LogP contribution in [0, 0.1) is 0 Å². The summed E-state index contributed by atoms with van der Waals surface area (Å²) in [5.74, 6) is -0.474. The Morgan fingerprint density at radius 3 is 2.29 bits per heavy atom. The van der Waals surface area contributed by atoms with Crippen LogP contribution in [-0.4, -0.2) is 62.5 Å². The molecular weight excluding hydrogens is 396 g/mol. The Morgan fingerprint density at radius 1 is 0.935 bits per heavy atom. The number of carbonyl (C=O) groups is 3. The van der Waals surface area contributed by atoms with Crippen LogP contribution in [0.15, 0.2) is 48.5 Å². The number of methoxy groups -OCH3 is 1. The van der Waals surface area contributed by atoms with Gasteiger partial charge in [0.05, 0.1) is 13.2 Å². The van der Waals surface area contributed by atoms with Gasteiger partial charge in [-0.05, 0) is 56.3 Å². The lowest BCUT2D eigenvalue weighted by Crippen LogP contribution is -2.30. The molecule has 3 N–H and O–H groups in total. The van der Waals surface area contributed by atoms with Crippen molar-refractivity contribution in [2.75, 3.05) is 50.5 Å². The lowest BCUT2D eigenvalue weighted by Gasteiger charge is -2.19. The summed E-state index contributed by atoms with van der Waals surface area (Å²) >= 11 is 0. The number of benzene rings is 2. The molecule has 31 heavy (non-hydrogen) atoms. The van der Waals surface area contributed by atoms with E-state index in [9.17, 15) is 14.4 Å². The zero-order valence-electron chi connectivity index (χ0n) is 18.2. The SMILES string of the molecule is CCN(CC)C(=O)c1cccc(NCC(=O)Nc2ccc(C(=O)NCCOC)cc2)c1. The summed E-state index contributed by atoms with van der Waals surface area (Å²) < 4.78 is 4.90. The minimum Gasteiger partial charge on any atom is -0.383 e. The molecule has 0 radical (unpaired) electrons. The summed E-state index contributed by atoms with van der Waals surface area (Å²) in [6, 6.07) is 13.7. The van der Waals surface area contributed by atoms with E-state index >= 15 is 0 Å². The van der Waals surface area contributed by atoms with Gasteiger partial charge in [0, 0.05) is 49.2 Å². The van der Waals surface area contributed by atoms with Gasteiger partial charge in [-0.25, -0.2) is 0 Å². The van der Waals surface area contributed by atoms with Crippen molar-refractivity contribution in [2.24, 2.45) is 0 Å². The maximum atomic E-state index is 12.5. The number of carbonyl (C=O) groups excluding carboxylic acids is 3. The Morgan fingerprint density at radius 2 is 1.65 bits per heavy atom. The number of ether oxygens (including phenoxy) is 1. The smallest absolute Gasteiger partial charge is 0.253 e. The standard InChI is InChI=1S/C23H30N4O4/c1-4-27(5-2)23(30)18-7-6-8-20(15-18)25-16-21(28)26-19-11-9-17(10-12-19)22(29)24-13-14-31-3/h6-12,15,25H,4-5,13-14,16H2,1-3H3,(H,24,29)(H,26,28). The molecule has 0 heterocycles. The summed E-state index contributed by atoms with van der Waals surface area (Å²) in [4.78, 5) is 38.4. The fraction of sp³-hybridized carbons (Fsp3) is 0.348. The first kappa shape index (κ1) is 23.9. The molecule has 3 amide bonds. The van der Waals surface area contributed by atoms with Gasteiger partial charge in [0.15, 0.2) is 0 Å². The molecule has 2 aromatic carbocycles. The van der Waals surface area contributed by atoms with Gasteiger partial charge >= 0.3 is 0 Å². The number of nitrogens with one attached hydrogen (secondary N) is 3. The third kappa shape index (κ3) is 7.42. The number of anilines is 2. The highest BCUT2D eigenvalue weighted by atomic mass is 16.5. The van der Waals surface area contributed by atoms with Crippen LogP contribution in [0.5, 0.6) is 0 Å². The van der Waals surface area contributed by atoms with Crippen molar-refractivity contribution in [3.8, 4) is 0 Å². The van der Waals surface area contributed by atoms with Crippen LogP contribution in [0.3, 0.4) is 0 Å². The molecule has 0 saturated heterocycles. The molecule has 0 atom stereocenters. The molecule has 0 spiro atoms. The third-order valence-corrected chi connectivity index (χ3v) is 4.64. The Kier molecular flexibility index (Phi) is 9.51. The Bertz CT molecular complexity index is 879. The van der Waals surface area contributed by atoms with E-state index in [1.54, 1.807) is 54.5 Å². The molecule has 8 heteroatoms. The molecule has 0 bridgehead atoms. The van der Waals surface area contributed by atoms with E-state index in [4.69, 9.17) is 4.74 Å². The number of rotatable bonds is 11. The molecule has 2 aromatic rings. The summed E-state index contributed by atoms with van der Waals surface area (Å²) in [7, 11) is 1.57. The summed E-state index contributed by atoms with van der Waals surface area (Å²) in [5.41, 5.74) is 2.36. The van der Waals surface area contributed by atoms with Crippen LogP contribution in [0.25, 0.3) is 0 Å². The molecule has 2 rings (SSSR count). The highest BCUT2D eigenvalue weighted by Crippen LogP contribution is 2.13. The van der Waals surface area contributed by atoms with Crippen molar-refractivity contribution < 1.29 is 19.1 Å². The first-order valence-corrected chi connectivity index (χ1v) is 10.3. The normalized spacial score (nSPS) is 10.3. The zero-order valence-corrected chi connectivity index (χ0v) is 18.2. The van der Waals surface area contributed by atoms with Gasteiger partial charge in [-0.3, -0.25) is 14.4 Å². The highest BCUT2D eigenvalue weighted by Gasteiger charge is 2.13. The molecule has 0 fully saturated rings. The minimum atomic E-state index is -0.238. The topological polar surface area (TPSA) is 99.8 Å². The van der Waals surface area contributed by atoms with Crippen molar-refractivity contribution in [1.82, 2.24) is 10.2 Å². The molecule has 166 valence electrons. The minimum absolute atomic E-state index is 0.0375. The van der Waals surface area contributed by atoms with Gasteiger partial charge in [-0.1, -0.05) is 6.07 Å². The van der Waals surface area contributed by atoms with E-state index < -0.39 is 0 Å². The average Bonchev–Trinajstić information content (AvgIpc) is 2.79. The molecule has 0 aliphatic heterocycles. The molecule has 0 aliphatic rings. The fourth-order valence-corrected chi connectivity index (χ4v) is 2.92. The second-order valence-electron chi connectivity index (χ2n) is 6.79. The van der Waals surface area contributed by atoms with E-state index in [1.807, 2.05) is 19.9 Å². The molecule has 8 nitrogen and oxygen atoms in total. The largest absolute Gasteiger partial charge is 0.383 e. The highest BCUT2D eigenvalue weighted by molar-refractivity contribution is 5.97. The second kappa shape index (κ2) is 12.3. The van der Waals surface area contributed by atoms with Crippen LogP contribution in [-0.2, 0) is 9.53 Å². The summed E-state index contributed by atoms with van der Waals surface area (Å²) in [5, 5.41) is 8.55. The predicted molar refractivity (Wildman–Crippen MR) is 121 cm³/mol. The quantitative estimate of drug-likeness (QED) is 0.480. The van der Waals surface area contributed by atoms with E-state index in [-0.39, 0.29) is 24.3 Å². The number of nitrogens with zero attached hydrogens (tertiary/aromatic N) is 1. The maximum absolute atomic E-state index is 12.5. The molecule has 0 saturated carbocycles. The maximum Gasteiger partial charge on any atom is 0.253 e. The average molecular weight is 427 g/mol. The van der Waals surface area contributed by atoms with Crippen molar-refractivity contribution in [3.05, 3.63) is 59.7 Å². The molecule has 0 unspecified atom stereocenters. The van der Waals surface area contributed by atoms with Gasteiger partial charge in [-0.15, -0.1) is 0 Å². The van der Waals surface area contributed by atoms with Gasteiger partial charge < -0.3 is 25.6 Å². The Hall–Kier alpha value is -3.39. The zero-order chi connectivity index (χ0) is 22.6. The second-order valence-corrected chi connectivity index (χ2v) is 6.79. The van der Waals surface area contributed by atoms with Crippen molar-refractivity contribution in [3.63, 3.8) is 0 Å². The third-order valence-electron chi connectivity index (χ3n) is 4.64. The van der Waals surface area contributed by atoms with Gasteiger partial charge in [-0.2, -0.15) is 0 Å². The van der Waals surface area contributed by atoms with Crippen molar-refractivity contribution in [1.29, 1.82) is 0 Å². The summed E-state index contributed by atoms with van der Waals surface area (Å²) in [6.45, 7) is 6.08. The predicted octanol–water partition coefficient (Wildman–Crippen LogP) is 2.60. The first-order valence-electron chi connectivity index (χ1n) is 10.3. The van der Waals surface area contributed by atoms with Gasteiger partial charge in [0.1, 0.15) is 0 Å². The Balaban J connectivity index is 1.87. The van der Waals surface area contributed by atoms with Crippen LogP contribution in [0.2, 0.25) is 0 Å². The lowest BCUT2D eigenvalue weighted by atomic mass is 10.1. The first-order chi connectivity index (χ1) is 15.0. The van der Waals surface area contributed by atoms with E-state index in [0.29, 0.717) is 48.7 Å². The van der Waals surface area contributed by atoms with E-state index in [2.05, 4.69) is 16.0 Å². The lowest BCUT2D eigenvalue weighted by molar-refractivity contribution is -0.114. The van der Waals surface area contributed by atoms with Crippen LogP contribution in [0.1, 0.15) is 34.6 Å². The van der Waals surface area contributed by atoms with Crippen LogP contribution < -0.4 is 16.0 Å². The van der Waals surface area contributed by atoms with Crippen LogP contribution >= 0.6 is 0 Å². The number of amides is 3.